The topological polar surface area (TPSA) is 95.1 Å². The molecule has 0 radical (unpaired) electrons. The summed E-state index contributed by atoms with van der Waals surface area (Å²) in [6.45, 7) is 5.24. The summed E-state index contributed by atoms with van der Waals surface area (Å²) in [4.78, 5) is 28.0. The number of ether oxygens (including phenoxy) is 2. The Labute approximate surface area is 273 Å². The van der Waals surface area contributed by atoms with Crippen LogP contribution in [-0.2, 0) is 6.42 Å². The number of halogens is 2. The molecule has 12 heteroatoms. The van der Waals surface area contributed by atoms with Crippen molar-refractivity contribution in [1.82, 2.24) is 14.9 Å². The van der Waals surface area contributed by atoms with Gasteiger partial charge in [-0.1, -0.05) is 53.5 Å². The number of benzene rings is 3. The van der Waals surface area contributed by atoms with Crippen LogP contribution < -0.4 is 29.9 Å². The Morgan fingerprint density at radius 1 is 0.911 bits per heavy atom. The largest absolute Gasteiger partial charge is 0.495 e. The van der Waals surface area contributed by atoms with Gasteiger partial charge in [0.05, 0.1) is 19.9 Å². The fraction of sp³-hybridized carbons (Fsp3) is 0.303. The second-order valence-corrected chi connectivity index (χ2v) is 11.4. The van der Waals surface area contributed by atoms with Gasteiger partial charge < -0.3 is 25.0 Å². The van der Waals surface area contributed by atoms with Crippen LogP contribution in [0.3, 0.4) is 0 Å². The van der Waals surface area contributed by atoms with E-state index in [1.165, 1.54) is 43.1 Å². The Bertz CT molecular complexity index is 1560. The van der Waals surface area contributed by atoms with Crippen LogP contribution in [0.25, 0.3) is 0 Å². The van der Waals surface area contributed by atoms with Gasteiger partial charge in [-0.2, -0.15) is 0 Å². The number of hydrogen-bond acceptors (Lipinski definition) is 8. The van der Waals surface area contributed by atoms with Crippen LogP contribution in [0.5, 0.6) is 11.5 Å². The van der Waals surface area contributed by atoms with Crippen molar-refractivity contribution in [3.05, 3.63) is 88.7 Å². The van der Waals surface area contributed by atoms with E-state index >= 15 is 0 Å². The molecule has 1 aliphatic heterocycles. The van der Waals surface area contributed by atoms with Gasteiger partial charge in [0.15, 0.2) is 0 Å². The highest BCUT2D eigenvalue weighted by molar-refractivity contribution is 6.41. The minimum atomic E-state index is -0.514. The molecule has 0 atom stereocenters. The lowest BCUT2D eigenvalue weighted by molar-refractivity contribution is 0.255. The molecular weight excluding hydrogens is 613 g/mol. The minimum Gasteiger partial charge on any atom is -0.495 e. The first-order chi connectivity index (χ1) is 21.9. The first-order valence-corrected chi connectivity index (χ1v) is 15.5. The molecule has 0 unspecified atom stereocenters. The SMILES string of the molecule is COc1cc(OC)c(Cl)c(NC(=O)N(C)c2cc(Nc3ccc(N4CCN(CCCc5ccccc5)CC4)cc3)ncn2)c1Cl. The van der Waals surface area contributed by atoms with Crippen molar-refractivity contribution in [2.75, 3.05) is 74.4 Å². The highest BCUT2D eigenvalue weighted by Gasteiger charge is 2.22. The van der Waals surface area contributed by atoms with E-state index in [-0.39, 0.29) is 15.7 Å². The molecule has 1 fully saturated rings. The Morgan fingerprint density at radius 3 is 2.22 bits per heavy atom. The van der Waals surface area contributed by atoms with Crippen LogP contribution in [-0.4, -0.2) is 74.9 Å². The normalized spacial score (nSPS) is 13.3. The highest BCUT2D eigenvalue weighted by atomic mass is 35.5. The van der Waals surface area contributed by atoms with Gasteiger partial charge in [0.25, 0.3) is 0 Å². The molecule has 3 aromatic carbocycles. The standard InChI is InChI=1S/C33H37Cl2N7O3/c1-40(33(43)39-32-30(34)26(44-2)20-27(45-3)31(32)35)29-21-28(36-22-37-29)38-24-11-13-25(14-12-24)42-18-16-41(17-19-42)15-7-10-23-8-5-4-6-9-23/h4-6,8-9,11-14,20-22H,7,10,15-19H2,1-3H3,(H,39,43)(H,36,37,38). The second-order valence-electron chi connectivity index (χ2n) is 10.6. The Hall–Kier alpha value is -4.25. The van der Waals surface area contributed by atoms with Gasteiger partial charge in [-0.25, -0.2) is 14.8 Å². The van der Waals surface area contributed by atoms with E-state index in [9.17, 15) is 4.79 Å². The van der Waals surface area contributed by atoms with E-state index in [4.69, 9.17) is 32.7 Å². The third kappa shape index (κ3) is 8.08. The zero-order valence-electron chi connectivity index (χ0n) is 25.6. The molecule has 4 aromatic rings. The summed E-state index contributed by atoms with van der Waals surface area (Å²) in [5.74, 6) is 1.53. The summed E-state index contributed by atoms with van der Waals surface area (Å²) in [5, 5.41) is 6.33. The second kappa shape index (κ2) is 15.2. The van der Waals surface area contributed by atoms with E-state index < -0.39 is 6.03 Å². The Balaban J connectivity index is 1.14. The number of aromatic nitrogens is 2. The van der Waals surface area contributed by atoms with Crippen molar-refractivity contribution in [3.8, 4) is 11.5 Å². The molecule has 0 saturated carbocycles. The lowest BCUT2D eigenvalue weighted by Gasteiger charge is -2.36. The maximum absolute atomic E-state index is 13.1. The first kappa shape index (κ1) is 32.2. The van der Waals surface area contributed by atoms with Gasteiger partial charge in [0, 0.05) is 56.7 Å². The lowest BCUT2D eigenvalue weighted by atomic mass is 10.1. The van der Waals surface area contributed by atoms with Crippen molar-refractivity contribution in [2.45, 2.75) is 12.8 Å². The zero-order valence-corrected chi connectivity index (χ0v) is 27.1. The van der Waals surface area contributed by atoms with Crippen molar-refractivity contribution in [2.24, 2.45) is 0 Å². The van der Waals surface area contributed by atoms with Crippen molar-refractivity contribution < 1.29 is 14.3 Å². The van der Waals surface area contributed by atoms with Gasteiger partial charge in [0.1, 0.15) is 39.5 Å². The molecule has 0 spiro atoms. The van der Waals surface area contributed by atoms with E-state index in [1.54, 1.807) is 19.2 Å². The molecule has 1 aliphatic rings. The number of carbonyl (C=O) groups excluding carboxylic acids is 1. The van der Waals surface area contributed by atoms with Crippen LogP contribution in [0.1, 0.15) is 12.0 Å². The van der Waals surface area contributed by atoms with E-state index in [2.05, 4.69) is 72.9 Å². The number of rotatable bonds is 11. The number of amides is 2. The molecule has 2 N–H and O–H groups in total. The Morgan fingerprint density at radius 2 is 1.58 bits per heavy atom. The average Bonchev–Trinajstić information content (AvgIpc) is 3.07. The molecule has 1 saturated heterocycles. The number of piperazine rings is 1. The highest BCUT2D eigenvalue weighted by Crippen LogP contribution is 2.44. The Kier molecular flexibility index (Phi) is 10.8. The van der Waals surface area contributed by atoms with Crippen molar-refractivity contribution in [1.29, 1.82) is 0 Å². The number of aryl methyl sites for hydroxylation is 1. The lowest BCUT2D eigenvalue weighted by Crippen LogP contribution is -2.46. The summed E-state index contributed by atoms with van der Waals surface area (Å²) in [6, 6.07) is 21.7. The summed E-state index contributed by atoms with van der Waals surface area (Å²) in [5.41, 5.74) is 3.64. The summed E-state index contributed by atoms with van der Waals surface area (Å²) >= 11 is 12.8. The van der Waals surface area contributed by atoms with Gasteiger partial charge in [-0.05, 0) is 49.2 Å². The number of nitrogens with zero attached hydrogens (tertiary/aromatic N) is 5. The van der Waals surface area contributed by atoms with Crippen molar-refractivity contribution >= 4 is 57.9 Å². The fourth-order valence-corrected chi connectivity index (χ4v) is 5.77. The van der Waals surface area contributed by atoms with E-state index in [0.717, 1.165) is 44.8 Å². The van der Waals surface area contributed by atoms with E-state index in [1.807, 2.05) is 12.1 Å². The smallest absolute Gasteiger partial charge is 0.327 e. The van der Waals surface area contributed by atoms with Gasteiger partial charge in [0.2, 0.25) is 0 Å². The maximum atomic E-state index is 13.1. The summed E-state index contributed by atoms with van der Waals surface area (Å²) in [6.07, 6.45) is 3.69. The average molecular weight is 651 g/mol. The molecule has 236 valence electrons. The van der Waals surface area contributed by atoms with Crippen molar-refractivity contribution in [3.63, 3.8) is 0 Å². The van der Waals surface area contributed by atoms with Crippen LogP contribution >= 0.6 is 23.2 Å². The number of carbonyl (C=O) groups is 1. The predicted molar refractivity (Wildman–Crippen MR) is 182 cm³/mol. The third-order valence-corrected chi connectivity index (χ3v) is 8.52. The molecule has 0 bridgehead atoms. The van der Waals surface area contributed by atoms with E-state index in [0.29, 0.717) is 23.1 Å². The minimum absolute atomic E-state index is 0.152. The summed E-state index contributed by atoms with van der Waals surface area (Å²) < 4.78 is 10.6. The molecule has 1 aromatic heterocycles. The van der Waals surface area contributed by atoms with Crippen LogP contribution in [0, 0.1) is 0 Å². The van der Waals surface area contributed by atoms with Gasteiger partial charge in [-0.15, -0.1) is 0 Å². The van der Waals surface area contributed by atoms with Gasteiger partial charge in [-0.3, -0.25) is 9.80 Å². The van der Waals surface area contributed by atoms with Crippen LogP contribution in [0.15, 0.2) is 73.1 Å². The molecule has 10 nitrogen and oxygen atoms in total. The molecule has 0 aliphatic carbocycles. The number of methoxy groups -OCH3 is 2. The third-order valence-electron chi connectivity index (χ3n) is 7.77. The molecule has 2 heterocycles. The first-order valence-electron chi connectivity index (χ1n) is 14.7. The molecule has 45 heavy (non-hydrogen) atoms. The fourth-order valence-electron chi connectivity index (χ4n) is 5.17. The molecular formula is C33H37Cl2N7O3. The molecule has 2 amide bonds. The van der Waals surface area contributed by atoms with Gasteiger partial charge >= 0.3 is 6.03 Å². The number of urea groups is 1. The van der Waals surface area contributed by atoms with Crippen LogP contribution in [0.4, 0.5) is 33.5 Å². The monoisotopic (exact) mass is 649 g/mol. The zero-order chi connectivity index (χ0) is 31.8. The number of nitrogens with one attached hydrogen (secondary N) is 2. The number of hydrogen-bond donors (Lipinski definition) is 2. The predicted octanol–water partition coefficient (Wildman–Crippen LogP) is 6.97. The van der Waals surface area contributed by atoms with Crippen LogP contribution in [0.2, 0.25) is 10.0 Å². The molecule has 5 rings (SSSR count). The summed E-state index contributed by atoms with van der Waals surface area (Å²) in [7, 11) is 4.51. The maximum Gasteiger partial charge on any atom is 0.327 e. The quantitative estimate of drug-likeness (QED) is 0.180. The number of anilines is 5.